The van der Waals surface area contributed by atoms with Gasteiger partial charge < -0.3 is 10.8 Å². The monoisotopic (exact) mass is 523 g/mol. The summed E-state index contributed by atoms with van der Waals surface area (Å²) in [6, 6.07) is 8.21. The number of carbonyl (C=O) groups is 1. The highest BCUT2D eigenvalue weighted by Crippen LogP contribution is 2.42. The van der Waals surface area contributed by atoms with E-state index in [4.69, 9.17) is 17.3 Å². The summed E-state index contributed by atoms with van der Waals surface area (Å²) >= 11 is 9.34. The summed E-state index contributed by atoms with van der Waals surface area (Å²) in [5.74, 6) is -0.404. The van der Waals surface area contributed by atoms with Crippen molar-refractivity contribution in [3.63, 3.8) is 0 Å². The van der Waals surface area contributed by atoms with E-state index in [0.717, 1.165) is 4.90 Å². The number of nitrogens with two attached hydrogens (primary N) is 1. The number of nitrogens with zero attached hydrogens (tertiary/aromatic N) is 1. The average molecular weight is 525 g/mol. The molecule has 29 heavy (non-hydrogen) atoms. The van der Waals surface area contributed by atoms with Crippen molar-refractivity contribution < 1.29 is 22.5 Å². The number of halogens is 2. The summed E-state index contributed by atoms with van der Waals surface area (Å²) < 4.78 is 39.3. The van der Waals surface area contributed by atoms with Crippen molar-refractivity contribution in [1.82, 2.24) is 4.72 Å². The van der Waals surface area contributed by atoms with Gasteiger partial charge in [0, 0.05) is 33.8 Å². The third-order valence-corrected chi connectivity index (χ3v) is 7.28. The molecule has 158 valence electrons. The van der Waals surface area contributed by atoms with Crippen molar-refractivity contribution in [2.75, 3.05) is 23.5 Å². The summed E-state index contributed by atoms with van der Waals surface area (Å²) in [6.07, 6.45) is 1.85. The predicted octanol–water partition coefficient (Wildman–Crippen LogP) is 3.07. The number of anilines is 2. The van der Waals surface area contributed by atoms with Crippen LogP contribution in [0.2, 0.25) is 5.02 Å². The largest absolute Gasteiger partial charge is 0.504 e. The lowest BCUT2D eigenvalue weighted by atomic mass is 10.2. The van der Waals surface area contributed by atoms with Crippen LogP contribution in [0.5, 0.6) is 5.75 Å². The van der Waals surface area contributed by atoms with E-state index in [1.165, 1.54) is 18.4 Å². The Labute approximate surface area is 184 Å². The Bertz CT molecular complexity index is 1050. The van der Waals surface area contributed by atoms with Crippen LogP contribution in [0.3, 0.4) is 0 Å². The van der Waals surface area contributed by atoms with E-state index in [2.05, 4.69) is 20.7 Å². The zero-order valence-electron chi connectivity index (χ0n) is 15.3. The van der Waals surface area contributed by atoms with E-state index >= 15 is 0 Å². The van der Waals surface area contributed by atoms with Gasteiger partial charge in [-0.1, -0.05) is 23.7 Å². The number of amides is 2. The molecule has 12 heteroatoms. The van der Waals surface area contributed by atoms with Crippen molar-refractivity contribution in [3.05, 3.63) is 45.9 Å². The van der Waals surface area contributed by atoms with E-state index in [-0.39, 0.29) is 17.3 Å². The van der Waals surface area contributed by atoms with Gasteiger partial charge in [0.1, 0.15) is 4.90 Å². The molecule has 0 aliphatic carbocycles. The lowest BCUT2D eigenvalue weighted by Gasteiger charge is -2.24. The number of urea groups is 1. The molecule has 0 fully saturated rings. The molecule has 0 heterocycles. The first kappa shape index (κ1) is 23.6. The summed E-state index contributed by atoms with van der Waals surface area (Å²) in [6.45, 7) is 0.00563. The maximum Gasteiger partial charge on any atom is 0.324 e. The minimum absolute atomic E-state index is 0.00563. The van der Waals surface area contributed by atoms with Crippen LogP contribution in [-0.2, 0) is 20.8 Å². The maximum absolute atomic E-state index is 12.7. The van der Waals surface area contributed by atoms with Crippen molar-refractivity contribution in [1.29, 1.82) is 0 Å². The number of aromatic hydroxyl groups is 1. The van der Waals surface area contributed by atoms with Gasteiger partial charge in [-0.3, -0.25) is 9.11 Å². The second-order valence-electron chi connectivity index (χ2n) is 5.90. The number of sulfonamides is 1. The van der Waals surface area contributed by atoms with Crippen molar-refractivity contribution in [3.8, 4) is 5.75 Å². The topological polar surface area (TPSA) is 130 Å². The minimum atomic E-state index is -4.21. The highest BCUT2D eigenvalue weighted by Gasteiger charge is 2.29. The fraction of sp³-hybridized carbons (Fsp3) is 0.235. The van der Waals surface area contributed by atoms with Crippen LogP contribution in [0.15, 0.2) is 45.8 Å². The molecule has 0 bridgehead atoms. The van der Waals surface area contributed by atoms with Gasteiger partial charge in [0.25, 0.3) is 0 Å². The molecular formula is C17H19BrClN3O5S2. The molecule has 8 nitrogen and oxygen atoms in total. The molecule has 0 saturated heterocycles. The molecule has 2 rings (SSSR count). The molecule has 2 aromatic carbocycles. The first-order valence-corrected chi connectivity index (χ1v) is 12.6. The van der Waals surface area contributed by atoms with Crippen LogP contribution in [0.1, 0.15) is 6.42 Å². The van der Waals surface area contributed by atoms with Crippen LogP contribution < -0.4 is 15.4 Å². The Morgan fingerprint density at radius 2 is 1.93 bits per heavy atom. The fourth-order valence-corrected chi connectivity index (χ4v) is 5.24. The van der Waals surface area contributed by atoms with Crippen molar-refractivity contribution in [2.24, 2.45) is 5.73 Å². The standard InChI is InChI=1S/C17H19BrClN3O5S2/c1-28(25)10-4-9-21-29(26,27)16-12(19)7-8-14(15(16)23)22(17(20)24)13-6-3-2-5-11(13)18/h2-3,5-8,21,23H,4,9-10H2,1H3,(H2,20,24). The summed E-state index contributed by atoms with van der Waals surface area (Å²) in [5, 5.41) is 10.5. The van der Waals surface area contributed by atoms with Crippen molar-refractivity contribution >= 4 is 65.8 Å². The molecule has 4 N–H and O–H groups in total. The van der Waals surface area contributed by atoms with Gasteiger partial charge in [0.2, 0.25) is 10.0 Å². The Hall–Kier alpha value is -1.66. The SMILES string of the molecule is CS(=O)CCCNS(=O)(=O)c1c(Cl)ccc(N(C(N)=O)c2ccccc2Br)c1O. The molecule has 2 amide bonds. The molecular weight excluding hydrogens is 506 g/mol. The molecule has 2 aromatic rings. The Kier molecular flexibility index (Phi) is 8.06. The second-order valence-corrected chi connectivity index (χ2v) is 10.4. The highest BCUT2D eigenvalue weighted by atomic mass is 79.9. The number of primary amides is 1. The summed E-state index contributed by atoms with van der Waals surface area (Å²) in [7, 11) is -5.27. The quantitative estimate of drug-likeness (QED) is 0.457. The van der Waals surface area contributed by atoms with E-state index in [1.54, 1.807) is 24.3 Å². The van der Waals surface area contributed by atoms with Gasteiger partial charge in [0.15, 0.2) is 5.75 Å². The van der Waals surface area contributed by atoms with Gasteiger partial charge in [-0.15, -0.1) is 0 Å². The van der Waals surface area contributed by atoms with Crippen molar-refractivity contribution in [2.45, 2.75) is 11.3 Å². The van der Waals surface area contributed by atoms with E-state index in [1.807, 2.05) is 0 Å². The van der Waals surface area contributed by atoms with Crippen LogP contribution in [0, 0.1) is 0 Å². The van der Waals surface area contributed by atoms with Gasteiger partial charge in [-0.2, -0.15) is 0 Å². The molecule has 0 radical (unpaired) electrons. The Balaban J connectivity index is 2.50. The number of phenols is 1. The second kappa shape index (κ2) is 9.90. The number of rotatable bonds is 8. The number of para-hydroxylation sites is 1. The van der Waals surface area contributed by atoms with Crippen LogP contribution >= 0.6 is 27.5 Å². The Morgan fingerprint density at radius 3 is 2.52 bits per heavy atom. The lowest BCUT2D eigenvalue weighted by molar-refractivity contribution is 0.256. The molecule has 0 saturated carbocycles. The first-order chi connectivity index (χ1) is 13.6. The van der Waals surface area contributed by atoms with E-state index < -0.39 is 37.5 Å². The Morgan fingerprint density at radius 1 is 1.28 bits per heavy atom. The number of carbonyl (C=O) groups excluding carboxylic acids is 1. The number of hydrogen-bond donors (Lipinski definition) is 3. The van der Waals surface area contributed by atoms with Gasteiger partial charge in [-0.05, 0) is 46.6 Å². The lowest BCUT2D eigenvalue weighted by Crippen LogP contribution is -2.32. The number of hydrogen-bond acceptors (Lipinski definition) is 5. The number of phenolic OH excluding ortho intramolecular Hbond substituents is 1. The van der Waals surface area contributed by atoms with E-state index in [0.29, 0.717) is 22.3 Å². The van der Waals surface area contributed by atoms with Crippen LogP contribution in [-0.4, -0.2) is 42.3 Å². The smallest absolute Gasteiger partial charge is 0.324 e. The molecule has 0 aliphatic rings. The summed E-state index contributed by atoms with van der Waals surface area (Å²) in [4.78, 5) is 12.5. The highest BCUT2D eigenvalue weighted by molar-refractivity contribution is 9.10. The predicted molar refractivity (Wildman–Crippen MR) is 118 cm³/mol. The maximum atomic E-state index is 12.7. The average Bonchev–Trinajstić information content (AvgIpc) is 2.62. The van der Waals surface area contributed by atoms with Crippen LogP contribution in [0.25, 0.3) is 0 Å². The molecule has 1 unspecified atom stereocenters. The molecule has 0 aromatic heterocycles. The zero-order chi connectivity index (χ0) is 21.8. The van der Waals surface area contributed by atoms with Gasteiger partial charge in [-0.25, -0.2) is 17.9 Å². The molecule has 1 atom stereocenters. The van der Waals surface area contributed by atoms with E-state index in [9.17, 15) is 22.5 Å². The number of nitrogens with one attached hydrogen (secondary N) is 1. The normalized spacial score (nSPS) is 12.5. The number of benzene rings is 2. The zero-order valence-corrected chi connectivity index (χ0v) is 19.2. The third-order valence-electron chi connectivity index (χ3n) is 3.79. The summed E-state index contributed by atoms with van der Waals surface area (Å²) in [5.41, 5.74) is 5.65. The molecule has 0 spiro atoms. The van der Waals surface area contributed by atoms with Gasteiger partial charge in [0.05, 0.1) is 16.4 Å². The van der Waals surface area contributed by atoms with Crippen LogP contribution in [0.4, 0.5) is 16.2 Å². The minimum Gasteiger partial charge on any atom is -0.504 e. The first-order valence-electron chi connectivity index (χ1n) is 8.21. The molecule has 0 aliphatic heterocycles. The third kappa shape index (κ3) is 5.70. The van der Waals surface area contributed by atoms with Gasteiger partial charge >= 0.3 is 6.03 Å². The fourth-order valence-electron chi connectivity index (χ4n) is 2.53.